The number of aryl methyl sites for hydroxylation is 2. The van der Waals surface area contributed by atoms with Crippen molar-refractivity contribution in [3.63, 3.8) is 0 Å². The summed E-state index contributed by atoms with van der Waals surface area (Å²) >= 11 is 5.91. The number of sulfonamides is 1. The molecule has 0 radical (unpaired) electrons. The number of rotatable bonds is 6. The molecule has 1 heterocycles. The molecule has 0 saturated heterocycles. The highest BCUT2D eigenvalue weighted by Gasteiger charge is 2.19. The van der Waals surface area contributed by atoms with Crippen molar-refractivity contribution in [3.8, 4) is 0 Å². The summed E-state index contributed by atoms with van der Waals surface area (Å²) in [6, 6.07) is 14.3. The van der Waals surface area contributed by atoms with Gasteiger partial charge < -0.3 is 4.98 Å². The SMILES string of the molecule is Cc1cc(NS(C)(=O)=O)ccc1C(C)c1cc(C)c(C(=O)c2ccc(Cl)cc2)[nH]1. The molecule has 0 aliphatic rings. The van der Waals surface area contributed by atoms with Gasteiger partial charge in [0, 0.05) is 27.9 Å². The quantitative estimate of drug-likeness (QED) is 0.537. The number of ketones is 1. The van der Waals surface area contributed by atoms with Gasteiger partial charge in [-0.1, -0.05) is 24.6 Å². The number of H-pyrrole nitrogens is 1. The molecule has 0 saturated carbocycles. The zero-order valence-electron chi connectivity index (χ0n) is 16.7. The van der Waals surface area contributed by atoms with E-state index >= 15 is 0 Å². The zero-order valence-corrected chi connectivity index (χ0v) is 18.3. The van der Waals surface area contributed by atoms with Crippen molar-refractivity contribution in [3.05, 3.63) is 87.2 Å². The zero-order chi connectivity index (χ0) is 21.3. The number of benzene rings is 2. The molecule has 1 atom stereocenters. The highest BCUT2D eigenvalue weighted by molar-refractivity contribution is 7.92. The largest absolute Gasteiger partial charge is 0.355 e. The Morgan fingerprint density at radius 1 is 1.03 bits per heavy atom. The van der Waals surface area contributed by atoms with Crippen LogP contribution in [-0.2, 0) is 10.0 Å². The van der Waals surface area contributed by atoms with Gasteiger partial charge in [-0.2, -0.15) is 0 Å². The molecular formula is C22H23ClN2O3S. The fraction of sp³-hybridized carbons (Fsp3) is 0.227. The molecule has 0 amide bonds. The molecule has 2 aromatic carbocycles. The molecule has 2 N–H and O–H groups in total. The van der Waals surface area contributed by atoms with Gasteiger partial charge in [-0.3, -0.25) is 9.52 Å². The van der Waals surface area contributed by atoms with Gasteiger partial charge in [0.05, 0.1) is 11.9 Å². The Kier molecular flexibility index (Phi) is 5.87. The first kappa shape index (κ1) is 21.1. The summed E-state index contributed by atoms with van der Waals surface area (Å²) in [5.74, 6) is -0.0743. The number of carbonyl (C=O) groups excluding carboxylic acids is 1. The number of hydrogen-bond acceptors (Lipinski definition) is 3. The first-order valence-electron chi connectivity index (χ1n) is 9.13. The summed E-state index contributed by atoms with van der Waals surface area (Å²) in [4.78, 5) is 16.1. The van der Waals surface area contributed by atoms with Gasteiger partial charge in [0.2, 0.25) is 15.8 Å². The lowest BCUT2D eigenvalue weighted by molar-refractivity contribution is 0.103. The number of carbonyl (C=O) groups is 1. The molecule has 0 bridgehead atoms. The number of nitrogens with one attached hydrogen (secondary N) is 2. The van der Waals surface area contributed by atoms with E-state index in [9.17, 15) is 13.2 Å². The monoisotopic (exact) mass is 430 g/mol. The maximum absolute atomic E-state index is 12.9. The van der Waals surface area contributed by atoms with E-state index in [0.717, 1.165) is 28.6 Å². The van der Waals surface area contributed by atoms with Crippen LogP contribution in [-0.4, -0.2) is 25.4 Å². The lowest BCUT2D eigenvalue weighted by Crippen LogP contribution is -2.10. The Hall–Kier alpha value is -2.57. The summed E-state index contributed by atoms with van der Waals surface area (Å²) in [6.07, 6.45) is 1.12. The Labute approximate surface area is 176 Å². The first-order valence-corrected chi connectivity index (χ1v) is 11.4. The minimum atomic E-state index is -3.32. The predicted octanol–water partition coefficient (Wildman–Crippen LogP) is 5.04. The highest BCUT2D eigenvalue weighted by Crippen LogP contribution is 2.30. The van der Waals surface area contributed by atoms with Crippen LogP contribution in [0, 0.1) is 13.8 Å². The molecule has 1 aromatic heterocycles. The number of hydrogen-bond donors (Lipinski definition) is 2. The summed E-state index contributed by atoms with van der Waals surface area (Å²) in [6.45, 7) is 5.89. The lowest BCUT2D eigenvalue weighted by atomic mass is 9.93. The van der Waals surface area contributed by atoms with E-state index < -0.39 is 10.0 Å². The van der Waals surface area contributed by atoms with E-state index in [1.165, 1.54) is 0 Å². The van der Waals surface area contributed by atoms with E-state index in [0.29, 0.717) is 22.0 Å². The van der Waals surface area contributed by atoms with E-state index in [4.69, 9.17) is 11.6 Å². The van der Waals surface area contributed by atoms with Crippen LogP contribution in [0.1, 0.15) is 51.3 Å². The van der Waals surface area contributed by atoms with E-state index in [2.05, 4.69) is 9.71 Å². The second-order valence-corrected chi connectivity index (χ2v) is 9.47. The van der Waals surface area contributed by atoms with Crippen molar-refractivity contribution in [1.82, 2.24) is 4.98 Å². The topological polar surface area (TPSA) is 79.0 Å². The predicted molar refractivity (Wildman–Crippen MR) is 118 cm³/mol. The molecule has 0 spiro atoms. The lowest BCUT2D eigenvalue weighted by Gasteiger charge is -2.15. The molecule has 0 aliphatic heterocycles. The van der Waals surface area contributed by atoms with Crippen molar-refractivity contribution in [2.24, 2.45) is 0 Å². The maximum Gasteiger partial charge on any atom is 0.229 e. The molecule has 7 heteroatoms. The van der Waals surface area contributed by atoms with Crippen molar-refractivity contribution < 1.29 is 13.2 Å². The number of aromatic nitrogens is 1. The van der Waals surface area contributed by atoms with Gasteiger partial charge in [0.25, 0.3) is 0 Å². The third-order valence-corrected chi connectivity index (χ3v) is 5.73. The van der Waals surface area contributed by atoms with Gasteiger partial charge in [-0.05, 0) is 73.0 Å². The summed E-state index contributed by atoms with van der Waals surface area (Å²) in [7, 11) is -3.32. The Bertz CT molecular complexity index is 1170. The van der Waals surface area contributed by atoms with Crippen LogP contribution in [0.5, 0.6) is 0 Å². The van der Waals surface area contributed by atoms with Crippen LogP contribution in [0.15, 0.2) is 48.5 Å². The minimum Gasteiger partial charge on any atom is -0.355 e. The van der Waals surface area contributed by atoms with Crippen molar-refractivity contribution >= 4 is 33.1 Å². The average molecular weight is 431 g/mol. The highest BCUT2D eigenvalue weighted by atomic mass is 35.5. The number of aromatic amines is 1. The van der Waals surface area contributed by atoms with Crippen LogP contribution >= 0.6 is 11.6 Å². The average Bonchev–Trinajstić information content (AvgIpc) is 3.02. The number of halogens is 1. The number of anilines is 1. The van der Waals surface area contributed by atoms with Gasteiger partial charge in [0.1, 0.15) is 0 Å². The molecule has 0 fully saturated rings. The van der Waals surface area contributed by atoms with Crippen molar-refractivity contribution in [1.29, 1.82) is 0 Å². The molecule has 5 nitrogen and oxygen atoms in total. The van der Waals surface area contributed by atoms with Crippen LogP contribution in [0.2, 0.25) is 5.02 Å². The Balaban J connectivity index is 1.89. The van der Waals surface area contributed by atoms with Gasteiger partial charge in [0.15, 0.2) is 0 Å². The summed E-state index contributed by atoms with van der Waals surface area (Å²) < 4.78 is 25.4. The van der Waals surface area contributed by atoms with Gasteiger partial charge in [-0.25, -0.2) is 8.42 Å². The molecule has 3 rings (SSSR count). The Morgan fingerprint density at radius 3 is 2.28 bits per heavy atom. The molecule has 29 heavy (non-hydrogen) atoms. The van der Waals surface area contributed by atoms with Crippen molar-refractivity contribution in [2.45, 2.75) is 26.7 Å². The molecule has 152 valence electrons. The van der Waals surface area contributed by atoms with E-state index in [1.54, 1.807) is 30.3 Å². The van der Waals surface area contributed by atoms with Crippen LogP contribution in [0.25, 0.3) is 0 Å². The normalized spacial score (nSPS) is 12.6. The smallest absolute Gasteiger partial charge is 0.229 e. The van der Waals surface area contributed by atoms with Crippen LogP contribution < -0.4 is 4.72 Å². The molecular weight excluding hydrogens is 408 g/mol. The van der Waals surface area contributed by atoms with Gasteiger partial charge in [-0.15, -0.1) is 0 Å². The first-order chi connectivity index (χ1) is 13.5. The van der Waals surface area contributed by atoms with E-state index in [1.807, 2.05) is 39.0 Å². The third-order valence-electron chi connectivity index (χ3n) is 4.88. The molecule has 3 aromatic rings. The standard InChI is InChI=1S/C22H23ClN2O3S/c1-13-11-18(25-29(4,27)28)9-10-19(13)15(3)20-12-14(2)21(24-20)22(26)16-5-7-17(23)8-6-16/h5-12,15,24-25H,1-4H3. The fourth-order valence-electron chi connectivity index (χ4n) is 3.41. The Morgan fingerprint density at radius 2 is 1.69 bits per heavy atom. The summed E-state index contributed by atoms with van der Waals surface area (Å²) in [5, 5.41) is 0.586. The second-order valence-electron chi connectivity index (χ2n) is 7.29. The minimum absolute atomic E-state index is 0.00718. The van der Waals surface area contributed by atoms with Crippen LogP contribution in [0.3, 0.4) is 0 Å². The molecule has 1 unspecified atom stereocenters. The van der Waals surface area contributed by atoms with Crippen molar-refractivity contribution in [2.75, 3.05) is 11.0 Å². The maximum atomic E-state index is 12.9. The van der Waals surface area contributed by atoms with Gasteiger partial charge >= 0.3 is 0 Å². The molecule has 0 aliphatic carbocycles. The summed E-state index contributed by atoms with van der Waals surface area (Å²) in [5.41, 5.74) is 5.47. The third kappa shape index (κ3) is 4.89. The second kappa shape index (κ2) is 8.05. The van der Waals surface area contributed by atoms with E-state index in [-0.39, 0.29) is 11.7 Å². The van der Waals surface area contributed by atoms with Crippen LogP contribution in [0.4, 0.5) is 5.69 Å². The fourth-order valence-corrected chi connectivity index (χ4v) is 4.09.